The minimum absolute atomic E-state index is 0.0734. The van der Waals surface area contributed by atoms with Gasteiger partial charge in [-0.3, -0.25) is 4.57 Å². The van der Waals surface area contributed by atoms with E-state index in [2.05, 4.69) is 25.7 Å². The second-order valence-electron chi connectivity index (χ2n) is 5.69. The zero-order valence-electron chi connectivity index (χ0n) is 13.4. The Hall–Kier alpha value is -2.46. The Labute approximate surface area is 147 Å². The van der Waals surface area contributed by atoms with E-state index in [1.165, 1.54) is 11.8 Å². The molecule has 4 rings (SSSR count). The fraction of sp³-hybridized carbons (Fsp3) is 0.400. The normalized spacial score (nSPS) is 17.2. The summed E-state index contributed by atoms with van der Waals surface area (Å²) >= 11 is 1.42. The maximum absolute atomic E-state index is 12.0. The van der Waals surface area contributed by atoms with E-state index in [0.29, 0.717) is 23.3 Å². The first-order chi connectivity index (χ1) is 12.3. The van der Waals surface area contributed by atoms with Gasteiger partial charge in [0.05, 0.1) is 24.1 Å². The first-order valence-electron chi connectivity index (χ1n) is 8.03. The average Bonchev–Trinajstić information content (AvgIpc) is 3.38. The summed E-state index contributed by atoms with van der Waals surface area (Å²) in [6.07, 6.45) is 2.07. The number of benzene rings is 1. The van der Waals surface area contributed by atoms with Crippen molar-refractivity contribution in [3.63, 3.8) is 0 Å². The van der Waals surface area contributed by atoms with Crippen LogP contribution in [0.15, 0.2) is 40.3 Å². The summed E-state index contributed by atoms with van der Waals surface area (Å²) in [4.78, 5) is 12.0. The number of H-pyrrole nitrogens is 1. The van der Waals surface area contributed by atoms with Crippen LogP contribution in [0.5, 0.6) is 0 Å². The Kier molecular flexibility index (Phi) is 4.61. The Morgan fingerprint density at radius 1 is 1.32 bits per heavy atom. The van der Waals surface area contributed by atoms with Crippen LogP contribution in [0.25, 0.3) is 5.69 Å². The van der Waals surface area contributed by atoms with Crippen LogP contribution in [0.2, 0.25) is 0 Å². The molecule has 0 aliphatic carbocycles. The molecule has 2 aromatic heterocycles. The highest BCUT2D eigenvalue weighted by atomic mass is 32.2. The van der Waals surface area contributed by atoms with Crippen molar-refractivity contribution >= 4 is 11.8 Å². The van der Waals surface area contributed by atoms with E-state index in [1.807, 2.05) is 30.3 Å². The highest BCUT2D eigenvalue weighted by molar-refractivity contribution is 7.98. The van der Waals surface area contributed by atoms with E-state index in [9.17, 15) is 4.79 Å². The summed E-state index contributed by atoms with van der Waals surface area (Å²) in [5.74, 6) is 1.19. The third-order valence-electron chi connectivity index (χ3n) is 4.00. The molecule has 25 heavy (non-hydrogen) atoms. The summed E-state index contributed by atoms with van der Waals surface area (Å²) in [7, 11) is 0. The summed E-state index contributed by atoms with van der Waals surface area (Å²) in [5, 5.41) is 19.1. The van der Waals surface area contributed by atoms with Gasteiger partial charge < -0.3 is 4.74 Å². The highest BCUT2D eigenvalue weighted by Gasteiger charge is 2.20. The van der Waals surface area contributed by atoms with E-state index in [0.717, 1.165) is 25.1 Å². The van der Waals surface area contributed by atoms with Gasteiger partial charge in [0, 0.05) is 6.61 Å². The van der Waals surface area contributed by atoms with Crippen LogP contribution < -0.4 is 5.69 Å². The lowest BCUT2D eigenvalue weighted by Crippen LogP contribution is -2.25. The Balaban J connectivity index is 1.49. The average molecular weight is 359 g/mol. The number of hydrogen-bond acceptors (Lipinski definition) is 7. The molecule has 10 heteroatoms. The lowest BCUT2D eigenvalue weighted by Gasteiger charge is -2.10. The van der Waals surface area contributed by atoms with Crippen LogP contribution in [0.3, 0.4) is 0 Å². The van der Waals surface area contributed by atoms with Crippen molar-refractivity contribution in [2.75, 3.05) is 6.61 Å². The zero-order valence-corrected chi connectivity index (χ0v) is 14.2. The van der Waals surface area contributed by atoms with Crippen LogP contribution in [-0.2, 0) is 17.0 Å². The van der Waals surface area contributed by atoms with Gasteiger partial charge in [-0.1, -0.05) is 30.0 Å². The number of nitrogens with one attached hydrogen (secondary N) is 1. The van der Waals surface area contributed by atoms with Crippen LogP contribution in [-0.4, -0.2) is 47.7 Å². The largest absolute Gasteiger partial charge is 0.376 e. The van der Waals surface area contributed by atoms with Gasteiger partial charge in [0.25, 0.3) is 0 Å². The molecule has 9 nitrogen and oxygen atoms in total. The molecule has 1 aromatic carbocycles. The molecule has 130 valence electrons. The predicted molar refractivity (Wildman–Crippen MR) is 90.5 cm³/mol. The second kappa shape index (κ2) is 7.19. The Bertz CT molecular complexity index is 883. The number of nitrogens with zero attached hydrogens (tertiary/aromatic N) is 6. The molecule has 0 spiro atoms. The molecule has 0 amide bonds. The Morgan fingerprint density at radius 2 is 2.20 bits per heavy atom. The summed E-state index contributed by atoms with van der Waals surface area (Å²) in [6.45, 7) is 1.27. The molecule has 3 aromatic rings. The van der Waals surface area contributed by atoms with Crippen LogP contribution in [0.1, 0.15) is 18.7 Å². The monoisotopic (exact) mass is 359 g/mol. The summed E-state index contributed by atoms with van der Waals surface area (Å²) < 4.78 is 8.92. The minimum atomic E-state index is -0.222. The summed E-state index contributed by atoms with van der Waals surface area (Å²) in [5.41, 5.74) is 0.669. The number of thioether (sulfide) groups is 1. The lowest BCUT2D eigenvalue weighted by molar-refractivity contribution is 0.0941. The van der Waals surface area contributed by atoms with Crippen molar-refractivity contribution in [2.24, 2.45) is 0 Å². The molecular weight excluding hydrogens is 342 g/mol. The standard InChI is InChI=1S/C15H17N7O2S/c23-14-17-18-15(21(14)9-12-7-4-8-24-12)25-10-13-16-19-20-22(13)11-5-2-1-3-6-11/h1-3,5-6,12H,4,7-10H2,(H,17,23). The van der Waals surface area contributed by atoms with Gasteiger partial charge in [0.1, 0.15) is 0 Å². The molecular formula is C15H17N7O2S. The topological polar surface area (TPSA) is 104 Å². The number of hydrogen-bond donors (Lipinski definition) is 1. The van der Waals surface area contributed by atoms with Crippen molar-refractivity contribution in [2.45, 2.75) is 36.4 Å². The highest BCUT2D eigenvalue weighted by Crippen LogP contribution is 2.21. The number of para-hydroxylation sites is 1. The molecule has 1 unspecified atom stereocenters. The maximum atomic E-state index is 12.0. The molecule has 1 N–H and O–H groups in total. The molecule has 0 saturated carbocycles. The van der Waals surface area contributed by atoms with Crippen molar-refractivity contribution in [1.29, 1.82) is 0 Å². The first-order valence-corrected chi connectivity index (χ1v) is 9.02. The van der Waals surface area contributed by atoms with E-state index in [4.69, 9.17) is 4.74 Å². The SMILES string of the molecule is O=c1[nH]nc(SCc2nnnn2-c2ccccc2)n1CC1CCCO1. The smallest absolute Gasteiger partial charge is 0.344 e. The predicted octanol–water partition coefficient (Wildman–Crippen LogP) is 1.02. The number of rotatable bonds is 6. The van der Waals surface area contributed by atoms with Gasteiger partial charge in [-0.15, -0.1) is 10.2 Å². The van der Waals surface area contributed by atoms with Gasteiger partial charge in [0.15, 0.2) is 11.0 Å². The maximum Gasteiger partial charge on any atom is 0.344 e. The van der Waals surface area contributed by atoms with Gasteiger partial charge in [-0.2, -0.15) is 4.68 Å². The van der Waals surface area contributed by atoms with Crippen molar-refractivity contribution in [3.05, 3.63) is 46.6 Å². The number of aromatic nitrogens is 7. The first kappa shape index (κ1) is 16.0. The number of tetrazole rings is 1. The van der Waals surface area contributed by atoms with Gasteiger partial charge in [-0.05, 0) is 35.4 Å². The molecule has 1 saturated heterocycles. The third kappa shape index (κ3) is 3.49. The van der Waals surface area contributed by atoms with Crippen molar-refractivity contribution < 1.29 is 4.74 Å². The lowest BCUT2D eigenvalue weighted by atomic mass is 10.2. The van der Waals surface area contributed by atoms with Crippen LogP contribution in [0, 0.1) is 0 Å². The van der Waals surface area contributed by atoms with Crippen LogP contribution >= 0.6 is 11.8 Å². The van der Waals surface area contributed by atoms with Gasteiger partial charge in [0.2, 0.25) is 0 Å². The Morgan fingerprint density at radius 3 is 3.00 bits per heavy atom. The molecule has 1 fully saturated rings. The molecule has 1 atom stereocenters. The van der Waals surface area contributed by atoms with E-state index < -0.39 is 0 Å². The molecule has 1 aliphatic heterocycles. The quantitative estimate of drug-likeness (QED) is 0.655. The molecule has 0 radical (unpaired) electrons. The van der Waals surface area contributed by atoms with Crippen molar-refractivity contribution in [3.8, 4) is 5.69 Å². The van der Waals surface area contributed by atoms with E-state index in [1.54, 1.807) is 9.25 Å². The second-order valence-corrected chi connectivity index (χ2v) is 6.63. The van der Waals surface area contributed by atoms with Crippen LogP contribution in [0.4, 0.5) is 0 Å². The van der Waals surface area contributed by atoms with Gasteiger partial charge in [-0.25, -0.2) is 9.89 Å². The molecule has 0 bridgehead atoms. The zero-order chi connectivity index (χ0) is 17.1. The third-order valence-corrected chi connectivity index (χ3v) is 4.97. The van der Waals surface area contributed by atoms with Crippen molar-refractivity contribution in [1.82, 2.24) is 35.0 Å². The number of aromatic amines is 1. The molecule has 1 aliphatic rings. The minimum Gasteiger partial charge on any atom is -0.376 e. The summed E-state index contributed by atoms with van der Waals surface area (Å²) in [6, 6.07) is 9.68. The van der Waals surface area contributed by atoms with E-state index in [-0.39, 0.29) is 11.8 Å². The van der Waals surface area contributed by atoms with E-state index >= 15 is 0 Å². The fourth-order valence-corrected chi connectivity index (χ4v) is 3.62. The molecule has 3 heterocycles. The fourth-order valence-electron chi connectivity index (χ4n) is 2.76. The van der Waals surface area contributed by atoms with Gasteiger partial charge >= 0.3 is 5.69 Å². The number of ether oxygens (including phenoxy) is 1.